The first-order valence-corrected chi connectivity index (χ1v) is 9.82. The summed E-state index contributed by atoms with van der Waals surface area (Å²) in [7, 11) is 0. The van der Waals surface area contributed by atoms with E-state index < -0.39 is 6.16 Å². The lowest BCUT2D eigenvalue weighted by Gasteiger charge is -2.08. The molecule has 1 aromatic heterocycles. The third-order valence-electron chi connectivity index (χ3n) is 4.55. The smallest absolute Gasteiger partial charge is 0.428 e. The molecule has 4 aromatic rings. The second-order valence-corrected chi connectivity index (χ2v) is 6.72. The number of benzene rings is 3. The fourth-order valence-electron chi connectivity index (χ4n) is 3.07. The van der Waals surface area contributed by atoms with Gasteiger partial charge in [-0.25, -0.2) is 4.79 Å². The van der Waals surface area contributed by atoms with E-state index in [2.05, 4.69) is 10.1 Å². The summed E-state index contributed by atoms with van der Waals surface area (Å²) >= 11 is 0. The predicted octanol–water partition coefficient (Wildman–Crippen LogP) is 5.85. The summed E-state index contributed by atoms with van der Waals surface area (Å²) in [6.45, 7) is 0.0705. The molecule has 0 saturated heterocycles. The second kappa shape index (κ2) is 9.98. The molecule has 0 saturated carbocycles. The molecule has 0 atom stereocenters. The van der Waals surface area contributed by atoms with Crippen LogP contribution < -0.4 is 0 Å². The highest BCUT2D eigenvalue weighted by atomic mass is 16.8. The van der Waals surface area contributed by atoms with Crippen molar-refractivity contribution in [3.8, 4) is 11.3 Å². The molecule has 0 aliphatic heterocycles. The Labute approximate surface area is 180 Å². The molecule has 0 spiro atoms. The third-order valence-corrected chi connectivity index (χ3v) is 4.55. The minimum Gasteiger partial charge on any atom is -0.428 e. The van der Waals surface area contributed by atoms with Crippen molar-refractivity contribution in [1.29, 1.82) is 0 Å². The first kappa shape index (κ1) is 20.0. The molecule has 1 heterocycles. The van der Waals surface area contributed by atoms with Crippen LogP contribution in [0.1, 0.15) is 16.7 Å². The molecule has 152 valence electrons. The van der Waals surface area contributed by atoms with E-state index in [1.807, 2.05) is 103 Å². The van der Waals surface area contributed by atoms with Crippen LogP contribution in [0.5, 0.6) is 0 Å². The van der Waals surface area contributed by atoms with E-state index in [0.29, 0.717) is 5.71 Å². The van der Waals surface area contributed by atoms with Gasteiger partial charge in [0.15, 0.2) is 0 Å². The van der Waals surface area contributed by atoms with Crippen molar-refractivity contribution in [3.05, 3.63) is 126 Å². The summed E-state index contributed by atoms with van der Waals surface area (Å²) in [5.74, 6) is 0. The van der Waals surface area contributed by atoms with E-state index >= 15 is 0 Å². The maximum absolute atomic E-state index is 12.2. The van der Waals surface area contributed by atoms with Crippen LogP contribution in [0.2, 0.25) is 0 Å². The zero-order valence-corrected chi connectivity index (χ0v) is 16.7. The largest absolute Gasteiger partial charge is 0.535 e. The predicted molar refractivity (Wildman–Crippen MR) is 119 cm³/mol. The summed E-state index contributed by atoms with van der Waals surface area (Å²) in [6.07, 6.45) is 0.873. The molecule has 4 rings (SSSR count). The average molecular weight is 408 g/mol. The van der Waals surface area contributed by atoms with Crippen LogP contribution in [0.25, 0.3) is 11.3 Å². The lowest BCUT2D eigenvalue weighted by molar-refractivity contribution is 0.0520. The number of hydrogen-bond acceptors (Lipinski definition) is 5. The molecule has 3 aromatic carbocycles. The first-order chi connectivity index (χ1) is 15.3. The number of nitrogens with zero attached hydrogens (tertiary/aromatic N) is 2. The molecular formula is C26H20N2O3. The minimum absolute atomic E-state index is 0.0705. The minimum atomic E-state index is -0.868. The molecule has 0 unspecified atom stereocenters. The Bertz CT molecular complexity index is 1120. The number of oxime groups is 1. The molecule has 0 fully saturated rings. The highest BCUT2D eigenvalue weighted by molar-refractivity contribution is 6.12. The van der Waals surface area contributed by atoms with Crippen LogP contribution >= 0.6 is 0 Å². The van der Waals surface area contributed by atoms with Gasteiger partial charge in [0, 0.05) is 22.9 Å². The van der Waals surface area contributed by atoms with E-state index in [4.69, 9.17) is 9.57 Å². The number of carbonyl (C=O) groups is 1. The number of carbonyl (C=O) groups excluding carboxylic acids is 1. The van der Waals surface area contributed by atoms with Gasteiger partial charge in [0.25, 0.3) is 0 Å². The van der Waals surface area contributed by atoms with Crippen molar-refractivity contribution in [2.45, 2.75) is 6.61 Å². The van der Waals surface area contributed by atoms with Gasteiger partial charge in [-0.15, -0.1) is 0 Å². The molecule has 5 heteroatoms. The van der Waals surface area contributed by atoms with Gasteiger partial charge in [-0.3, -0.25) is 9.82 Å². The number of rotatable bonds is 6. The van der Waals surface area contributed by atoms with Gasteiger partial charge in [0.2, 0.25) is 0 Å². The topological polar surface area (TPSA) is 60.8 Å². The fourth-order valence-corrected chi connectivity index (χ4v) is 3.07. The van der Waals surface area contributed by atoms with Crippen LogP contribution in [0.15, 0.2) is 114 Å². The highest BCUT2D eigenvalue weighted by Crippen LogP contribution is 2.18. The van der Waals surface area contributed by atoms with E-state index in [0.717, 1.165) is 27.9 Å². The van der Waals surface area contributed by atoms with Gasteiger partial charge in [0.05, 0.1) is 5.69 Å². The van der Waals surface area contributed by atoms with Gasteiger partial charge in [-0.05, 0) is 23.8 Å². The van der Waals surface area contributed by atoms with E-state index in [-0.39, 0.29) is 6.61 Å². The van der Waals surface area contributed by atoms with Crippen molar-refractivity contribution >= 4 is 11.9 Å². The van der Waals surface area contributed by atoms with Crippen LogP contribution in [-0.2, 0) is 16.2 Å². The van der Waals surface area contributed by atoms with E-state index in [1.165, 1.54) is 0 Å². The normalized spacial score (nSPS) is 10.2. The number of hydrogen-bond donors (Lipinski definition) is 0. The number of pyridine rings is 1. The zero-order valence-electron chi connectivity index (χ0n) is 16.7. The molecule has 0 amide bonds. The molecule has 5 nitrogen and oxygen atoms in total. The summed E-state index contributed by atoms with van der Waals surface area (Å²) in [5, 5.41) is 4.07. The molecule has 31 heavy (non-hydrogen) atoms. The summed E-state index contributed by atoms with van der Waals surface area (Å²) < 4.78 is 5.25. The SMILES string of the molecule is O=C(OCc1cccc(-c2ccccn2)c1)ON=C(c1ccccc1)c1ccccc1. The van der Waals surface area contributed by atoms with Crippen LogP contribution in [-0.4, -0.2) is 16.9 Å². The monoisotopic (exact) mass is 408 g/mol. The maximum Gasteiger partial charge on any atom is 0.535 e. The summed E-state index contributed by atoms with van der Waals surface area (Å²) in [4.78, 5) is 21.6. The lowest BCUT2D eigenvalue weighted by atomic mass is 10.0. The van der Waals surface area contributed by atoms with Gasteiger partial charge in [-0.2, -0.15) is 0 Å². The Morgan fingerprint density at radius 1 is 0.774 bits per heavy atom. The van der Waals surface area contributed by atoms with Crippen LogP contribution in [0.4, 0.5) is 4.79 Å². The Hall–Kier alpha value is -4.25. The quantitative estimate of drug-likeness (QED) is 0.174. The fraction of sp³-hybridized carbons (Fsp3) is 0.0385. The lowest BCUT2D eigenvalue weighted by Crippen LogP contribution is -2.09. The van der Waals surface area contributed by atoms with Gasteiger partial charge in [0.1, 0.15) is 12.3 Å². The maximum atomic E-state index is 12.2. The Balaban J connectivity index is 1.44. The van der Waals surface area contributed by atoms with Crippen LogP contribution in [0.3, 0.4) is 0 Å². The third kappa shape index (κ3) is 5.42. The van der Waals surface area contributed by atoms with Crippen LogP contribution in [0, 0.1) is 0 Å². The highest BCUT2D eigenvalue weighted by Gasteiger charge is 2.11. The summed E-state index contributed by atoms with van der Waals surface area (Å²) in [5.41, 5.74) is 4.86. The van der Waals surface area contributed by atoms with Crippen molar-refractivity contribution in [2.24, 2.45) is 5.16 Å². The second-order valence-electron chi connectivity index (χ2n) is 6.72. The van der Waals surface area contributed by atoms with Crippen molar-refractivity contribution in [2.75, 3.05) is 0 Å². The molecular weight excluding hydrogens is 388 g/mol. The molecule has 0 bridgehead atoms. The molecule has 0 radical (unpaired) electrons. The average Bonchev–Trinajstić information content (AvgIpc) is 2.85. The Kier molecular flexibility index (Phi) is 6.45. The van der Waals surface area contributed by atoms with E-state index in [1.54, 1.807) is 6.20 Å². The van der Waals surface area contributed by atoms with Gasteiger partial charge >= 0.3 is 6.16 Å². The van der Waals surface area contributed by atoms with Crippen molar-refractivity contribution in [3.63, 3.8) is 0 Å². The Morgan fingerprint density at radius 3 is 2.10 bits per heavy atom. The van der Waals surface area contributed by atoms with Crippen molar-refractivity contribution < 1.29 is 14.4 Å². The summed E-state index contributed by atoms with van der Waals surface area (Å²) in [6, 6.07) is 32.5. The molecule has 0 aliphatic carbocycles. The number of aromatic nitrogens is 1. The van der Waals surface area contributed by atoms with Crippen molar-refractivity contribution in [1.82, 2.24) is 4.98 Å². The zero-order chi connectivity index (χ0) is 21.3. The molecule has 0 aliphatic rings. The first-order valence-electron chi connectivity index (χ1n) is 9.82. The standard InChI is InChI=1S/C26H20N2O3/c29-26(30-19-20-10-9-15-23(18-20)24-16-7-8-17-27-24)31-28-25(21-11-3-1-4-12-21)22-13-5-2-6-14-22/h1-18H,19H2. The van der Waals surface area contributed by atoms with E-state index in [9.17, 15) is 4.79 Å². The van der Waals surface area contributed by atoms with Gasteiger partial charge in [-0.1, -0.05) is 90.1 Å². The van der Waals surface area contributed by atoms with Gasteiger partial charge < -0.3 is 4.74 Å². The number of ether oxygens (including phenoxy) is 1. The molecule has 0 N–H and O–H groups in total. The Morgan fingerprint density at radius 2 is 1.45 bits per heavy atom.